The van der Waals surface area contributed by atoms with Gasteiger partial charge in [0.05, 0.1) is 11.0 Å². The Bertz CT molecular complexity index is 898. The van der Waals surface area contributed by atoms with Gasteiger partial charge in [-0.05, 0) is 38.0 Å². The number of aryl methyl sites for hydroxylation is 2. The molecule has 1 fully saturated rings. The van der Waals surface area contributed by atoms with E-state index in [1.54, 1.807) is 7.11 Å². The number of fused-ring (bicyclic) bond motifs is 1. The molecule has 1 aliphatic carbocycles. The van der Waals surface area contributed by atoms with E-state index >= 15 is 0 Å². The first-order valence-corrected chi connectivity index (χ1v) is 8.21. The van der Waals surface area contributed by atoms with Crippen LogP contribution in [0.3, 0.4) is 0 Å². The van der Waals surface area contributed by atoms with Gasteiger partial charge in [0, 0.05) is 37.5 Å². The number of aromatic nitrogens is 4. The van der Waals surface area contributed by atoms with Crippen LogP contribution in [0.5, 0.6) is 0 Å². The third kappa shape index (κ3) is 2.85. The molecule has 0 radical (unpaired) electrons. The Balaban J connectivity index is 1.65. The lowest BCUT2D eigenvalue weighted by molar-refractivity contribution is 0.177. The highest BCUT2D eigenvalue weighted by atomic mass is 16.5. The summed E-state index contributed by atoms with van der Waals surface area (Å²) in [6.45, 7) is 2.36. The summed E-state index contributed by atoms with van der Waals surface area (Å²) >= 11 is 0. The molecule has 0 saturated heterocycles. The Hall–Kier alpha value is -2.47. The van der Waals surface area contributed by atoms with Gasteiger partial charge in [-0.2, -0.15) is 0 Å². The lowest BCUT2D eigenvalue weighted by Gasteiger charge is -2.08. The number of imidazole rings is 1. The molecule has 0 atom stereocenters. The minimum Gasteiger partial charge on any atom is -0.377 e. The zero-order chi connectivity index (χ0) is 16.7. The average Bonchev–Trinajstić information content (AvgIpc) is 3.32. The Labute approximate surface area is 140 Å². The second-order valence-electron chi connectivity index (χ2n) is 6.38. The topological polar surface area (TPSA) is 64.9 Å². The Morgan fingerprint density at radius 2 is 2.04 bits per heavy atom. The molecule has 0 amide bonds. The van der Waals surface area contributed by atoms with Crippen molar-refractivity contribution >= 4 is 22.5 Å². The highest BCUT2D eigenvalue weighted by Gasteiger charge is 2.28. The summed E-state index contributed by atoms with van der Waals surface area (Å²) in [4.78, 5) is 13.7. The maximum atomic E-state index is 5.12. The van der Waals surface area contributed by atoms with Gasteiger partial charge in [-0.15, -0.1) is 0 Å². The molecule has 1 N–H and O–H groups in total. The second-order valence-corrected chi connectivity index (χ2v) is 6.38. The molecule has 0 spiro atoms. The molecule has 1 aromatic carbocycles. The lowest BCUT2D eigenvalue weighted by Crippen LogP contribution is -2.02. The molecule has 0 aliphatic heterocycles. The first-order chi connectivity index (χ1) is 11.6. The highest BCUT2D eigenvalue weighted by Crippen LogP contribution is 2.40. The largest absolute Gasteiger partial charge is 0.377 e. The van der Waals surface area contributed by atoms with Crippen molar-refractivity contribution in [1.29, 1.82) is 0 Å². The summed E-state index contributed by atoms with van der Waals surface area (Å²) in [5.41, 5.74) is 4.08. The zero-order valence-corrected chi connectivity index (χ0v) is 14.2. The fourth-order valence-electron chi connectivity index (χ4n) is 3.04. The predicted octanol–water partition coefficient (Wildman–Crippen LogP) is 3.44. The summed E-state index contributed by atoms with van der Waals surface area (Å²) in [5.74, 6) is 3.28. The van der Waals surface area contributed by atoms with Gasteiger partial charge in [-0.3, -0.25) is 0 Å². The SMILES string of the molecule is COCc1nc(C)cc(Nc2ccc3c(c2)nc(C2CC2)n3C)n1. The molecule has 124 valence electrons. The van der Waals surface area contributed by atoms with E-state index in [0.717, 1.165) is 22.7 Å². The Kier molecular flexibility index (Phi) is 3.69. The van der Waals surface area contributed by atoms with E-state index in [0.29, 0.717) is 18.3 Å². The van der Waals surface area contributed by atoms with Gasteiger partial charge >= 0.3 is 0 Å². The normalized spacial score (nSPS) is 14.3. The number of nitrogens with zero attached hydrogens (tertiary/aromatic N) is 4. The first-order valence-electron chi connectivity index (χ1n) is 8.21. The number of ether oxygens (including phenoxy) is 1. The summed E-state index contributed by atoms with van der Waals surface area (Å²) in [5, 5.41) is 3.35. The second kappa shape index (κ2) is 5.87. The number of hydrogen-bond acceptors (Lipinski definition) is 5. The monoisotopic (exact) mass is 323 g/mol. The molecule has 3 aromatic rings. The van der Waals surface area contributed by atoms with Gasteiger partial charge in [-0.1, -0.05) is 0 Å². The van der Waals surface area contributed by atoms with Crippen LogP contribution in [0.1, 0.15) is 36.1 Å². The van der Waals surface area contributed by atoms with Crippen molar-refractivity contribution in [1.82, 2.24) is 19.5 Å². The number of methoxy groups -OCH3 is 1. The molecule has 6 nitrogen and oxygen atoms in total. The van der Waals surface area contributed by atoms with Crippen molar-refractivity contribution in [2.75, 3.05) is 12.4 Å². The molecular weight excluding hydrogens is 302 g/mol. The fraction of sp³-hybridized carbons (Fsp3) is 0.389. The predicted molar refractivity (Wildman–Crippen MR) is 93.5 cm³/mol. The number of nitrogens with one attached hydrogen (secondary N) is 1. The number of rotatable bonds is 5. The van der Waals surface area contributed by atoms with Crippen LogP contribution in [0.2, 0.25) is 0 Å². The van der Waals surface area contributed by atoms with Crippen LogP contribution in [-0.2, 0) is 18.4 Å². The van der Waals surface area contributed by atoms with Crippen LogP contribution in [0, 0.1) is 6.92 Å². The molecule has 6 heteroatoms. The van der Waals surface area contributed by atoms with Crippen molar-refractivity contribution in [3.63, 3.8) is 0 Å². The van der Waals surface area contributed by atoms with E-state index in [1.807, 2.05) is 13.0 Å². The minimum atomic E-state index is 0.403. The van der Waals surface area contributed by atoms with E-state index in [1.165, 1.54) is 24.2 Å². The Morgan fingerprint density at radius 1 is 1.21 bits per heavy atom. The molecule has 0 bridgehead atoms. The van der Waals surface area contributed by atoms with Crippen LogP contribution < -0.4 is 5.32 Å². The van der Waals surface area contributed by atoms with Gasteiger partial charge in [-0.25, -0.2) is 15.0 Å². The number of anilines is 2. The Morgan fingerprint density at radius 3 is 2.79 bits per heavy atom. The standard InChI is InChI=1S/C18H21N5O/c1-11-8-16(22-17(19-11)10-24-3)20-13-6-7-15-14(9-13)21-18(23(15)2)12-4-5-12/h6-9,12H,4-5,10H2,1-3H3,(H,19,20,22). The van der Waals surface area contributed by atoms with Gasteiger partial charge in [0.15, 0.2) is 5.82 Å². The van der Waals surface area contributed by atoms with E-state index in [2.05, 4.69) is 45.1 Å². The maximum Gasteiger partial charge on any atom is 0.156 e. The van der Waals surface area contributed by atoms with Crippen LogP contribution >= 0.6 is 0 Å². The molecule has 2 aromatic heterocycles. The maximum absolute atomic E-state index is 5.12. The average molecular weight is 323 g/mol. The van der Waals surface area contributed by atoms with Crippen molar-refractivity contribution in [2.45, 2.75) is 32.3 Å². The molecular formula is C18H21N5O. The van der Waals surface area contributed by atoms with Gasteiger partial charge in [0.25, 0.3) is 0 Å². The van der Waals surface area contributed by atoms with Crippen LogP contribution in [0.4, 0.5) is 11.5 Å². The van der Waals surface area contributed by atoms with Gasteiger partial charge in [0.2, 0.25) is 0 Å². The van der Waals surface area contributed by atoms with Crippen LogP contribution in [0.15, 0.2) is 24.3 Å². The summed E-state index contributed by atoms with van der Waals surface area (Å²) < 4.78 is 7.34. The number of hydrogen-bond donors (Lipinski definition) is 1. The van der Waals surface area contributed by atoms with Crippen molar-refractivity contribution in [3.05, 3.63) is 41.6 Å². The van der Waals surface area contributed by atoms with Crippen LogP contribution in [0.25, 0.3) is 11.0 Å². The third-order valence-corrected chi connectivity index (χ3v) is 4.30. The number of benzene rings is 1. The molecule has 1 saturated carbocycles. The summed E-state index contributed by atoms with van der Waals surface area (Å²) in [6.07, 6.45) is 2.51. The zero-order valence-electron chi connectivity index (χ0n) is 14.2. The summed E-state index contributed by atoms with van der Waals surface area (Å²) in [6, 6.07) is 8.18. The van der Waals surface area contributed by atoms with Crippen molar-refractivity contribution in [3.8, 4) is 0 Å². The highest BCUT2D eigenvalue weighted by molar-refractivity contribution is 5.81. The first kappa shape index (κ1) is 15.1. The van der Waals surface area contributed by atoms with Crippen molar-refractivity contribution in [2.24, 2.45) is 7.05 Å². The third-order valence-electron chi connectivity index (χ3n) is 4.30. The molecule has 2 heterocycles. The minimum absolute atomic E-state index is 0.403. The van der Waals surface area contributed by atoms with E-state index < -0.39 is 0 Å². The van der Waals surface area contributed by atoms with E-state index in [-0.39, 0.29) is 0 Å². The fourth-order valence-corrected chi connectivity index (χ4v) is 3.04. The molecule has 1 aliphatic rings. The lowest BCUT2D eigenvalue weighted by atomic mass is 10.2. The van der Waals surface area contributed by atoms with Gasteiger partial charge < -0.3 is 14.6 Å². The molecule has 0 unspecified atom stereocenters. The van der Waals surface area contributed by atoms with Gasteiger partial charge in [0.1, 0.15) is 18.2 Å². The molecule has 4 rings (SSSR count). The quantitative estimate of drug-likeness (QED) is 0.779. The molecule has 24 heavy (non-hydrogen) atoms. The van der Waals surface area contributed by atoms with Crippen molar-refractivity contribution < 1.29 is 4.74 Å². The van der Waals surface area contributed by atoms with E-state index in [9.17, 15) is 0 Å². The summed E-state index contributed by atoms with van der Waals surface area (Å²) in [7, 11) is 3.74. The smallest absolute Gasteiger partial charge is 0.156 e. The van der Waals surface area contributed by atoms with E-state index in [4.69, 9.17) is 9.72 Å². The van der Waals surface area contributed by atoms with Crippen LogP contribution in [-0.4, -0.2) is 26.6 Å².